The molecule has 3 rings (SSSR count). The number of rotatable bonds is 4. The Balaban J connectivity index is 1.99. The standard InChI is InChI=1S/C21H21N3O4/c1-14-5-7-15(8-6-14)20(25)28-19-13-18(21(2,3)4)22-23(19)16-9-11-17(12-10-16)24(26)27/h5-13H,1-4H3. The lowest BCUT2D eigenvalue weighted by Gasteiger charge is -2.13. The zero-order chi connectivity index (χ0) is 20.5. The number of nitrogens with zero attached hydrogens (tertiary/aromatic N) is 3. The fourth-order valence-electron chi connectivity index (χ4n) is 2.55. The molecular formula is C21H21N3O4. The number of aromatic nitrogens is 2. The van der Waals surface area contributed by atoms with Crippen molar-refractivity contribution < 1.29 is 14.5 Å². The van der Waals surface area contributed by atoms with Gasteiger partial charge in [-0.25, -0.2) is 9.48 Å². The van der Waals surface area contributed by atoms with Crippen LogP contribution in [0.4, 0.5) is 5.69 Å². The Morgan fingerprint density at radius 2 is 1.68 bits per heavy atom. The second-order valence-electron chi connectivity index (χ2n) is 7.56. The summed E-state index contributed by atoms with van der Waals surface area (Å²) in [6.45, 7) is 7.94. The summed E-state index contributed by atoms with van der Waals surface area (Å²) >= 11 is 0. The van der Waals surface area contributed by atoms with E-state index in [0.717, 1.165) is 11.3 Å². The Kier molecular flexibility index (Phi) is 5.00. The lowest BCUT2D eigenvalue weighted by atomic mass is 9.93. The molecule has 0 radical (unpaired) electrons. The summed E-state index contributed by atoms with van der Waals surface area (Å²) in [6, 6.07) is 14.7. The van der Waals surface area contributed by atoms with Crippen LogP contribution in [0.3, 0.4) is 0 Å². The fourth-order valence-corrected chi connectivity index (χ4v) is 2.55. The first-order chi connectivity index (χ1) is 13.1. The predicted octanol–water partition coefficient (Wildman–Crippen LogP) is 4.61. The molecule has 0 fully saturated rings. The van der Waals surface area contributed by atoms with Crippen LogP contribution in [0.2, 0.25) is 0 Å². The average molecular weight is 379 g/mol. The van der Waals surface area contributed by atoms with Crippen molar-refractivity contribution in [2.75, 3.05) is 0 Å². The zero-order valence-electron chi connectivity index (χ0n) is 16.2. The monoisotopic (exact) mass is 379 g/mol. The number of ether oxygens (including phenoxy) is 1. The quantitative estimate of drug-likeness (QED) is 0.375. The highest BCUT2D eigenvalue weighted by atomic mass is 16.6. The highest BCUT2D eigenvalue weighted by Gasteiger charge is 2.23. The van der Waals surface area contributed by atoms with E-state index < -0.39 is 10.9 Å². The Hall–Kier alpha value is -3.48. The van der Waals surface area contributed by atoms with Gasteiger partial charge in [0.25, 0.3) is 5.69 Å². The molecule has 1 aromatic heterocycles. The summed E-state index contributed by atoms with van der Waals surface area (Å²) < 4.78 is 7.09. The van der Waals surface area contributed by atoms with Gasteiger partial charge >= 0.3 is 5.97 Å². The Morgan fingerprint density at radius 1 is 1.07 bits per heavy atom. The number of nitro benzene ring substituents is 1. The Morgan fingerprint density at radius 3 is 2.21 bits per heavy atom. The van der Waals surface area contributed by atoms with Gasteiger partial charge in [-0.3, -0.25) is 10.1 Å². The summed E-state index contributed by atoms with van der Waals surface area (Å²) in [5.41, 5.74) is 2.48. The zero-order valence-corrected chi connectivity index (χ0v) is 16.2. The van der Waals surface area contributed by atoms with Crippen LogP contribution in [-0.2, 0) is 5.41 Å². The van der Waals surface area contributed by atoms with Crippen LogP contribution in [-0.4, -0.2) is 20.7 Å². The fraction of sp³-hybridized carbons (Fsp3) is 0.238. The number of carbonyl (C=O) groups is 1. The second kappa shape index (κ2) is 7.26. The minimum Gasteiger partial charge on any atom is -0.404 e. The van der Waals surface area contributed by atoms with E-state index in [4.69, 9.17) is 4.74 Å². The van der Waals surface area contributed by atoms with E-state index >= 15 is 0 Å². The smallest absolute Gasteiger partial charge is 0.344 e. The van der Waals surface area contributed by atoms with Gasteiger partial charge < -0.3 is 4.74 Å². The van der Waals surface area contributed by atoms with Gasteiger partial charge in [0.1, 0.15) is 0 Å². The molecule has 0 spiro atoms. The molecule has 0 unspecified atom stereocenters. The number of carbonyl (C=O) groups excluding carboxylic acids is 1. The molecule has 2 aromatic carbocycles. The lowest BCUT2D eigenvalue weighted by molar-refractivity contribution is -0.384. The van der Waals surface area contributed by atoms with E-state index in [9.17, 15) is 14.9 Å². The Labute approximate surface area is 162 Å². The van der Waals surface area contributed by atoms with E-state index in [1.807, 2.05) is 39.8 Å². The molecule has 3 aromatic rings. The van der Waals surface area contributed by atoms with E-state index in [-0.39, 0.29) is 17.0 Å². The topological polar surface area (TPSA) is 87.3 Å². The maximum Gasteiger partial charge on any atom is 0.344 e. The number of non-ortho nitro benzene ring substituents is 1. The van der Waals surface area contributed by atoms with Crippen molar-refractivity contribution in [1.82, 2.24) is 9.78 Å². The average Bonchev–Trinajstić information content (AvgIpc) is 3.06. The van der Waals surface area contributed by atoms with Crippen LogP contribution in [0.1, 0.15) is 42.4 Å². The van der Waals surface area contributed by atoms with Crippen molar-refractivity contribution >= 4 is 11.7 Å². The molecule has 1 heterocycles. The number of hydrogen-bond acceptors (Lipinski definition) is 5. The SMILES string of the molecule is Cc1ccc(C(=O)Oc2cc(C(C)(C)C)nn2-c2ccc([N+](=O)[O-])cc2)cc1. The molecule has 0 saturated heterocycles. The van der Waals surface area contributed by atoms with Crippen LogP contribution in [0, 0.1) is 17.0 Å². The maximum atomic E-state index is 12.6. The second-order valence-corrected chi connectivity index (χ2v) is 7.56. The Bertz CT molecular complexity index is 1010. The van der Waals surface area contributed by atoms with Crippen molar-refractivity contribution in [3.05, 3.63) is 81.5 Å². The van der Waals surface area contributed by atoms with Crippen LogP contribution in [0.15, 0.2) is 54.6 Å². The molecular weight excluding hydrogens is 358 g/mol. The third-order valence-corrected chi connectivity index (χ3v) is 4.23. The van der Waals surface area contributed by atoms with Crippen LogP contribution >= 0.6 is 0 Å². The summed E-state index contributed by atoms with van der Waals surface area (Å²) in [6.07, 6.45) is 0. The normalized spacial score (nSPS) is 11.3. The first-order valence-electron chi connectivity index (χ1n) is 8.79. The molecule has 0 N–H and O–H groups in total. The molecule has 7 nitrogen and oxygen atoms in total. The molecule has 0 bridgehead atoms. The van der Waals surface area contributed by atoms with Crippen molar-refractivity contribution in [1.29, 1.82) is 0 Å². The molecule has 0 amide bonds. The largest absolute Gasteiger partial charge is 0.404 e. The number of benzene rings is 2. The van der Waals surface area contributed by atoms with Gasteiger partial charge in [-0.2, -0.15) is 5.10 Å². The number of esters is 1. The number of aryl methyl sites for hydroxylation is 1. The molecule has 0 atom stereocenters. The van der Waals surface area contributed by atoms with Gasteiger partial charge in [0.2, 0.25) is 5.88 Å². The maximum absolute atomic E-state index is 12.6. The predicted molar refractivity (Wildman–Crippen MR) is 105 cm³/mol. The van der Waals surface area contributed by atoms with Crippen LogP contribution in [0.25, 0.3) is 5.69 Å². The number of hydrogen-bond donors (Lipinski definition) is 0. The van der Waals surface area contributed by atoms with Crippen LogP contribution in [0.5, 0.6) is 5.88 Å². The molecule has 28 heavy (non-hydrogen) atoms. The third kappa shape index (κ3) is 4.09. The van der Waals surface area contributed by atoms with E-state index in [0.29, 0.717) is 11.3 Å². The van der Waals surface area contributed by atoms with Crippen molar-refractivity contribution in [3.63, 3.8) is 0 Å². The highest BCUT2D eigenvalue weighted by Crippen LogP contribution is 2.28. The minimum atomic E-state index is -0.497. The van der Waals surface area contributed by atoms with Crippen LogP contribution < -0.4 is 4.74 Å². The highest BCUT2D eigenvalue weighted by molar-refractivity contribution is 5.91. The summed E-state index contributed by atoms with van der Waals surface area (Å²) in [7, 11) is 0. The van der Waals surface area contributed by atoms with E-state index in [1.165, 1.54) is 16.8 Å². The van der Waals surface area contributed by atoms with Gasteiger partial charge in [0.15, 0.2) is 0 Å². The van der Waals surface area contributed by atoms with Crippen molar-refractivity contribution in [3.8, 4) is 11.6 Å². The molecule has 0 aliphatic heterocycles. The molecule has 0 saturated carbocycles. The molecule has 0 aliphatic rings. The van der Waals surface area contributed by atoms with Gasteiger partial charge in [0, 0.05) is 23.6 Å². The lowest BCUT2D eigenvalue weighted by Crippen LogP contribution is -2.13. The number of nitro groups is 1. The third-order valence-electron chi connectivity index (χ3n) is 4.23. The van der Waals surface area contributed by atoms with E-state index in [1.54, 1.807) is 30.3 Å². The first-order valence-corrected chi connectivity index (χ1v) is 8.79. The first kappa shape index (κ1) is 19.3. The summed E-state index contributed by atoms with van der Waals surface area (Å²) in [4.78, 5) is 23.0. The summed E-state index contributed by atoms with van der Waals surface area (Å²) in [5.74, 6) is -0.243. The van der Waals surface area contributed by atoms with Crippen molar-refractivity contribution in [2.24, 2.45) is 0 Å². The van der Waals surface area contributed by atoms with Crippen molar-refractivity contribution in [2.45, 2.75) is 33.1 Å². The minimum absolute atomic E-state index is 0.0230. The molecule has 7 heteroatoms. The van der Waals surface area contributed by atoms with Gasteiger partial charge in [-0.15, -0.1) is 0 Å². The van der Waals surface area contributed by atoms with Gasteiger partial charge in [-0.05, 0) is 31.2 Å². The summed E-state index contributed by atoms with van der Waals surface area (Å²) in [5, 5.41) is 15.4. The van der Waals surface area contributed by atoms with Gasteiger partial charge in [0.05, 0.1) is 21.9 Å². The van der Waals surface area contributed by atoms with Gasteiger partial charge in [-0.1, -0.05) is 38.5 Å². The molecule has 0 aliphatic carbocycles. The van der Waals surface area contributed by atoms with E-state index in [2.05, 4.69) is 5.10 Å². The molecule has 144 valence electrons.